The molecule has 0 N–H and O–H groups in total. The van der Waals surface area contributed by atoms with Crippen molar-refractivity contribution in [2.45, 2.75) is 34.6 Å². The number of rotatable bonds is 10. The molecule has 0 fully saturated rings. The predicted molar refractivity (Wildman–Crippen MR) is 130 cm³/mol. The largest absolute Gasteiger partial charge is 0.490 e. The second-order valence-corrected chi connectivity index (χ2v) is 7.49. The van der Waals surface area contributed by atoms with E-state index in [2.05, 4.69) is 10.1 Å². The summed E-state index contributed by atoms with van der Waals surface area (Å²) in [6.07, 6.45) is 0. The molecule has 2 aromatic carbocycles. The van der Waals surface area contributed by atoms with E-state index in [4.69, 9.17) is 28.5 Å². The van der Waals surface area contributed by atoms with Gasteiger partial charge in [-0.05, 0) is 64.4 Å². The SMILES string of the molecule is CCOc1cc(-c2nc(-c3cc4ccc(C)cc4nc3OCC)no2)cc(OCC)c1OCC. The first-order valence-electron chi connectivity index (χ1n) is 11.5. The summed E-state index contributed by atoms with van der Waals surface area (Å²) in [5.74, 6) is 2.85. The molecule has 0 radical (unpaired) electrons. The minimum Gasteiger partial charge on any atom is -0.490 e. The van der Waals surface area contributed by atoms with Gasteiger partial charge in [-0.2, -0.15) is 4.98 Å². The van der Waals surface area contributed by atoms with Gasteiger partial charge in [0.1, 0.15) is 0 Å². The van der Waals surface area contributed by atoms with Crippen LogP contribution in [0.2, 0.25) is 0 Å². The lowest BCUT2D eigenvalue weighted by Gasteiger charge is -2.16. The third-order valence-electron chi connectivity index (χ3n) is 5.04. The van der Waals surface area contributed by atoms with E-state index in [1.54, 1.807) is 0 Å². The average Bonchev–Trinajstić information content (AvgIpc) is 3.31. The number of benzene rings is 2. The molecule has 0 aliphatic carbocycles. The topological polar surface area (TPSA) is 88.7 Å². The Hall–Kier alpha value is -3.81. The van der Waals surface area contributed by atoms with Crippen molar-refractivity contribution in [1.29, 1.82) is 0 Å². The summed E-state index contributed by atoms with van der Waals surface area (Å²) in [5.41, 5.74) is 3.30. The smallest absolute Gasteiger partial charge is 0.258 e. The molecule has 0 saturated heterocycles. The Kier molecular flexibility index (Phi) is 7.15. The number of ether oxygens (including phenoxy) is 4. The summed E-state index contributed by atoms with van der Waals surface area (Å²) in [6, 6.07) is 11.7. The fourth-order valence-electron chi connectivity index (χ4n) is 3.63. The van der Waals surface area contributed by atoms with E-state index in [-0.39, 0.29) is 0 Å². The van der Waals surface area contributed by atoms with E-state index in [0.29, 0.717) is 72.4 Å². The van der Waals surface area contributed by atoms with Crippen molar-refractivity contribution in [2.75, 3.05) is 26.4 Å². The van der Waals surface area contributed by atoms with Crippen LogP contribution in [-0.2, 0) is 0 Å². The van der Waals surface area contributed by atoms with Crippen LogP contribution in [0.15, 0.2) is 40.9 Å². The number of aromatic nitrogens is 3. The van der Waals surface area contributed by atoms with Gasteiger partial charge in [-0.25, -0.2) is 4.98 Å². The molecule has 4 aromatic rings. The quantitative estimate of drug-likeness (QED) is 0.289. The first-order chi connectivity index (χ1) is 16.6. The molecular formula is C26H29N3O5. The zero-order chi connectivity index (χ0) is 24.1. The maximum Gasteiger partial charge on any atom is 0.258 e. The Balaban J connectivity index is 1.80. The molecule has 0 aliphatic rings. The van der Waals surface area contributed by atoms with Crippen molar-refractivity contribution in [2.24, 2.45) is 0 Å². The van der Waals surface area contributed by atoms with Crippen LogP contribution in [0.5, 0.6) is 23.1 Å². The van der Waals surface area contributed by atoms with Gasteiger partial charge in [-0.1, -0.05) is 17.3 Å². The van der Waals surface area contributed by atoms with E-state index < -0.39 is 0 Å². The highest BCUT2D eigenvalue weighted by Gasteiger charge is 2.21. The Morgan fingerprint density at radius 3 is 2.09 bits per heavy atom. The standard InChI is InChI=1S/C26H29N3O5/c1-6-30-21-14-18(15-22(31-7-2)23(21)32-8-3)25-28-24(29-34-25)19-13-17-11-10-16(5)12-20(17)27-26(19)33-9-4/h10-15H,6-9H2,1-5H3. The molecule has 0 atom stereocenters. The van der Waals surface area contributed by atoms with Crippen molar-refractivity contribution in [3.8, 4) is 46.0 Å². The van der Waals surface area contributed by atoms with Gasteiger partial charge in [-0.3, -0.25) is 0 Å². The summed E-state index contributed by atoms with van der Waals surface area (Å²) in [5, 5.41) is 5.19. The van der Waals surface area contributed by atoms with Gasteiger partial charge in [0.25, 0.3) is 5.89 Å². The lowest BCUT2D eigenvalue weighted by Crippen LogP contribution is -2.03. The Bertz CT molecular complexity index is 1260. The molecule has 0 unspecified atom stereocenters. The Morgan fingerprint density at radius 2 is 1.44 bits per heavy atom. The van der Waals surface area contributed by atoms with Crippen molar-refractivity contribution >= 4 is 10.9 Å². The number of pyridine rings is 1. The van der Waals surface area contributed by atoms with Crippen LogP contribution in [0, 0.1) is 6.92 Å². The third-order valence-corrected chi connectivity index (χ3v) is 5.04. The van der Waals surface area contributed by atoms with Crippen molar-refractivity contribution in [1.82, 2.24) is 15.1 Å². The minimum atomic E-state index is 0.325. The highest BCUT2D eigenvalue weighted by atomic mass is 16.5. The van der Waals surface area contributed by atoms with Crippen molar-refractivity contribution < 1.29 is 23.5 Å². The van der Waals surface area contributed by atoms with Crippen LogP contribution in [0.4, 0.5) is 0 Å². The normalized spacial score (nSPS) is 11.0. The second kappa shape index (κ2) is 10.4. The number of hydrogen-bond acceptors (Lipinski definition) is 8. The van der Waals surface area contributed by atoms with Gasteiger partial charge in [-0.15, -0.1) is 0 Å². The molecule has 0 saturated carbocycles. The highest BCUT2D eigenvalue weighted by molar-refractivity contribution is 5.85. The number of hydrogen-bond donors (Lipinski definition) is 0. The monoisotopic (exact) mass is 463 g/mol. The summed E-state index contributed by atoms with van der Waals surface area (Å²) in [6.45, 7) is 11.6. The van der Waals surface area contributed by atoms with Gasteiger partial charge in [0.05, 0.1) is 37.5 Å². The summed E-state index contributed by atoms with van der Waals surface area (Å²) in [4.78, 5) is 9.34. The fraction of sp³-hybridized carbons (Fsp3) is 0.346. The molecule has 0 bridgehead atoms. The van der Waals surface area contributed by atoms with Crippen molar-refractivity contribution in [3.63, 3.8) is 0 Å². The third kappa shape index (κ3) is 4.76. The van der Waals surface area contributed by atoms with Gasteiger partial charge in [0.15, 0.2) is 11.5 Å². The van der Waals surface area contributed by atoms with Crippen molar-refractivity contribution in [3.05, 3.63) is 42.0 Å². The second-order valence-electron chi connectivity index (χ2n) is 7.49. The molecule has 0 aliphatic heterocycles. The molecule has 2 aromatic heterocycles. The zero-order valence-electron chi connectivity index (χ0n) is 20.2. The maximum absolute atomic E-state index is 5.81. The number of fused-ring (bicyclic) bond motifs is 1. The molecule has 0 amide bonds. The molecule has 34 heavy (non-hydrogen) atoms. The van der Waals surface area contributed by atoms with E-state index in [1.165, 1.54) is 0 Å². The van der Waals surface area contributed by atoms with E-state index >= 15 is 0 Å². The number of aryl methyl sites for hydroxylation is 1. The molecule has 0 spiro atoms. The lowest BCUT2D eigenvalue weighted by atomic mass is 10.1. The van der Waals surface area contributed by atoms with Gasteiger partial charge in [0, 0.05) is 10.9 Å². The van der Waals surface area contributed by atoms with Crippen LogP contribution in [0.25, 0.3) is 33.7 Å². The minimum absolute atomic E-state index is 0.325. The fourth-order valence-corrected chi connectivity index (χ4v) is 3.63. The Labute approximate surface area is 198 Å². The van der Waals surface area contributed by atoms with Gasteiger partial charge >= 0.3 is 0 Å². The van der Waals surface area contributed by atoms with Gasteiger partial charge in [0.2, 0.25) is 17.5 Å². The first kappa shape index (κ1) is 23.4. The van der Waals surface area contributed by atoms with Crippen LogP contribution >= 0.6 is 0 Å². The summed E-state index contributed by atoms with van der Waals surface area (Å²) in [7, 11) is 0. The molecule has 178 valence electrons. The first-order valence-corrected chi connectivity index (χ1v) is 11.5. The summed E-state index contributed by atoms with van der Waals surface area (Å²) >= 11 is 0. The number of nitrogens with zero attached hydrogens (tertiary/aromatic N) is 3. The average molecular weight is 464 g/mol. The van der Waals surface area contributed by atoms with Crippen LogP contribution in [0.1, 0.15) is 33.3 Å². The highest BCUT2D eigenvalue weighted by Crippen LogP contribution is 2.42. The van der Waals surface area contributed by atoms with E-state index in [0.717, 1.165) is 16.5 Å². The lowest BCUT2D eigenvalue weighted by molar-refractivity contribution is 0.261. The molecule has 2 heterocycles. The van der Waals surface area contributed by atoms with Crippen LogP contribution in [0.3, 0.4) is 0 Å². The molecule has 8 heteroatoms. The summed E-state index contributed by atoms with van der Waals surface area (Å²) < 4.78 is 28.9. The van der Waals surface area contributed by atoms with Gasteiger partial charge < -0.3 is 23.5 Å². The maximum atomic E-state index is 5.81. The van der Waals surface area contributed by atoms with Crippen LogP contribution in [-0.4, -0.2) is 41.6 Å². The predicted octanol–water partition coefficient (Wildman–Crippen LogP) is 5.86. The molecule has 8 nitrogen and oxygen atoms in total. The Morgan fingerprint density at radius 1 is 0.765 bits per heavy atom. The molecule has 4 rings (SSSR count). The zero-order valence-corrected chi connectivity index (χ0v) is 20.2. The molecular weight excluding hydrogens is 434 g/mol. The van der Waals surface area contributed by atoms with E-state index in [1.807, 2.05) is 71.0 Å². The van der Waals surface area contributed by atoms with E-state index in [9.17, 15) is 0 Å². The van der Waals surface area contributed by atoms with Crippen LogP contribution < -0.4 is 18.9 Å².